The molecule has 3 N–H and O–H groups in total. The van der Waals surface area contributed by atoms with Crippen LogP contribution in [0.3, 0.4) is 0 Å². The smallest absolute Gasteiger partial charge is 0.250 e. The van der Waals surface area contributed by atoms with Crippen molar-refractivity contribution in [2.45, 2.75) is 25.7 Å². The predicted octanol–water partition coefficient (Wildman–Crippen LogP) is 1.33. The molecule has 14 heavy (non-hydrogen) atoms. The summed E-state index contributed by atoms with van der Waals surface area (Å²) >= 11 is 4.39. The number of carbonyl (C=O) groups excluding carboxylic acids is 1. The molecule has 0 aliphatic heterocycles. The van der Waals surface area contributed by atoms with E-state index < -0.39 is 0 Å². The number of nitrogens with two attached hydrogens (primary N) is 1. The van der Waals surface area contributed by atoms with Gasteiger partial charge < -0.3 is 11.1 Å². The average Bonchev–Trinajstić information content (AvgIpc) is 2.15. The third-order valence-corrected chi connectivity index (χ3v) is 2.81. The fraction of sp³-hybridized carbons (Fsp3) is 0.500. The predicted molar refractivity (Wildman–Crippen MR) is 60.8 cm³/mol. The number of hydrogen-bond acceptors (Lipinski definition) is 3. The first kappa shape index (κ1) is 11.2. The molecule has 0 saturated carbocycles. The van der Waals surface area contributed by atoms with Crippen molar-refractivity contribution >= 4 is 18.5 Å². The number of amides is 1. The van der Waals surface area contributed by atoms with Crippen molar-refractivity contribution in [3.63, 3.8) is 0 Å². The second-order valence-corrected chi connectivity index (χ2v) is 3.88. The van der Waals surface area contributed by atoms with Gasteiger partial charge in [-0.15, -0.1) is 12.6 Å². The van der Waals surface area contributed by atoms with Gasteiger partial charge in [-0.2, -0.15) is 0 Å². The molecule has 0 saturated heterocycles. The molecule has 1 rings (SSSR count). The van der Waals surface area contributed by atoms with Crippen LogP contribution in [0.4, 0.5) is 0 Å². The van der Waals surface area contributed by atoms with Crippen LogP contribution in [0, 0.1) is 0 Å². The Morgan fingerprint density at radius 2 is 2.14 bits per heavy atom. The summed E-state index contributed by atoms with van der Waals surface area (Å²) in [5.74, 6) is -0.386. The van der Waals surface area contributed by atoms with Gasteiger partial charge in [0, 0.05) is 13.2 Å². The second kappa shape index (κ2) is 5.10. The molecule has 0 bridgehead atoms. The van der Waals surface area contributed by atoms with Gasteiger partial charge >= 0.3 is 0 Å². The van der Waals surface area contributed by atoms with Crippen LogP contribution in [-0.2, 0) is 4.79 Å². The van der Waals surface area contributed by atoms with Gasteiger partial charge in [-0.25, -0.2) is 0 Å². The van der Waals surface area contributed by atoms with Gasteiger partial charge in [-0.3, -0.25) is 4.79 Å². The zero-order valence-corrected chi connectivity index (χ0v) is 9.23. The van der Waals surface area contributed by atoms with Crippen LogP contribution >= 0.6 is 12.6 Å². The summed E-state index contributed by atoms with van der Waals surface area (Å²) in [6.07, 6.45) is 5.75. The molecule has 1 aliphatic rings. The van der Waals surface area contributed by atoms with Gasteiger partial charge in [0.05, 0.1) is 5.57 Å². The quantitative estimate of drug-likeness (QED) is 0.488. The number of rotatable bonds is 3. The van der Waals surface area contributed by atoms with Crippen LogP contribution in [0.5, 0.6) is 0 Å². The van der Waals surface area contributed by atoms with E-state index in [1.165, 1.54) is 0 Å². The van der Waals surface area contributed by atoms with E-state index in [0.29, 0.717) is 5.57 Å². The first-order chi connectivity index (χ1) is 6.66. The second-order valence-electron chi connectivity index (χ2n) is 3.34. The van der Waals surface area contributed by atoms with Crippen LogP contribution in [-0.4, -0.2) is 13.0 Å². The number of carbonyl (C=O) groups is 1. The topological polar surface area (TPSA) is 55.1 Å². The zero-order valence-electron chi connectivity index (χ0n) is 8.34. The Morgan fingerprint density at radius 1 is 1.50 bits per heavy atom. The highest BCUT2D eigenvalue weighted by atomic mass is 32.1. The Bertz CT molecular complexity index is 294. The van der Waals surface area contributed by atoms with Crippen LogP contribution in [0.1, 0.15) is 25.7 Å². The molecule has 3 nitrogen and oxygen atoms in total. The summed E-state index contributed by atoms with van der Waals surface area (Å²) in [4.78, 5) is 12.2. The van der Waals surface area contributed by atoms with Crippen LogP contribution in [0.25, 0.3) is 0 Å². The molecule has 0 aromatic rings. The maximum atomic E-state index is 11.2. The van der Waals surface area contributed by atoms with E-state index in [1.807, 2.05) is 0 Å². The number of nitrogens with one attached hydrogen (secondary N) is 1. The first-order valence-corrected chi connectivity index (χ1v) is 5.20. The summed E-state index contributed by atoms with van der Waals surface area (Å²) in [5.41, 5.74) is 6.87. The van der Waals surface area contributed by atoms with E-state index in [1.54, 1.807) is 13.2 Å². The minimum Gasteiger partial charge on any atom is -0.393 e. The molecule has 4 heteroatoms. The van der Waals surface area contributed by atoms with Crippen molar-refractivity contribution in [2.24, 2.45) is 5.73 Å². The minimum atomic E-state index is -0.386. The molecule has 0 fully saturated rings. The Labute approximate surface area is 89.8 Å². The summed E-state index contributed by atoms with van der Waals surface area (Å²) in [6, 6.07) is 0. The van der Waals surface area contributed by atoms with Gasteiger partial charge in [-0.05, 0) is 36.2 Å². The third-order valence-electron chi connectivity index (χ3n) is 2.32. The van der Waals surface area contributed by atoms with Gasteiger partial charge in [0.2, 0.25) is 5.91 Å². The molecular formula is C10H16N2OS. The first-order valence-electron chi connectivity index (χ1n) is 4.75. The highest BCUT2D eigenvalue weighted by molar-refractivity contribution is 7.84. The molecule has 0 unspecified atom stereocenters. The van der Waals surface area contributed by atoms with E-state index in [9.17, 15) is 4.79 Å². The van der Waals surface area contributed by atoms with Crippen LogP contribution in [0.2, 0.25) is 0 Å². The van der Waals surface area contributed by atoms with Crippen molar-refractivity contribution in [3.8, 4) is 0 Å². The number of primary amides is 1. The minimum absolute atomic E-state index is 0.386. The lowest BCUT2D eigenvalue weighted by molar-refractivity contribution is -0.114. The van der Waals surface area contributed by atoms with Crippen molar-refractivity contribution < 1.29 is 4.79 Å². The molecule has 0 radical (unpaired) electrons. The van der Waals surface area contributed by atoms with Gasteiger partial charge in [0.25, 0.3) is 0 Å². The van der Waals surface area contributed by atoms with E-state index in [-0.39, 0.29) is 5.91 Å². The van der Waals surface area contributed by atoms with Crippen molar-refractivity contribution in [2.75, 3.05) is 7.05 Å². The highest BCUT2D eigenvalue weighted by Crippen LogP contribution is 2.31. The SMILES string of the molecule is CN/C=C(\C(N)=O)C1=C(S)CCCC1. The molecule has 1 amide bonds. The highest BCUT2D eigenvalue weighted by Gasteiger charge is 2.17. The average molecular weight is 212 g/mol. The molecular weight excluding hydrogens is 196 g/mol. The molecule has 0 spiro atoms. The lowest BCUT2D eigenvalue weighted by Crippen LogP contribution is -2.19. The van der Waals surface area contributed by atoms with Gasteiger partial charge in [-0.1, -0.05) is 0 Å². The van der Waals surface area contributed by atoms with Gasteiger partial charge in [0.1, 0.15) is 0 Å². The maximum absolute atomic E-state index is 11.2. The lowest BCUT2D eigenvalue weighted by atomic mass is 9.93. The molecule has 0 aromatic heterocycles. The van der Waals surface area contributed by atoms with E-state index in [4.69, 9.17) is 5.73 Å². The molecule has 1 aliphatic carbocycles. The fourth-order valence-electron chi connectivity index (χ4n) is 1.63. The summed E-state index contributed by atoms with van der Waals surface area (Å²) in [6.45, 7) is 0. The normalized spacial score (nSPS) is 18.3. The Balaban J connectivity index is 2.98. The monoisotopic (exact) mass is 212 g/mol. The standard InChI is InChI=1S/C10H16N2OS/c1-12-6-8(10(11)13)7-4-2-3-5-9(7)14/h6,12,14H,2-5H2,1H3,(H2,11,13)/b8-6-. The van der Waals surface area contributed by atoms with E-state index >= 15 is 0 Å². The van der Waals surface area contributed by atoms with Crippen molar-refractivity contribution in [1.82, 2.24) is 5.32 Å². The largest absolute Gasteiger partial charge is 0.393 e. The zero-order chi connectivity index (χ0) is 10.6. The Kier molecular flexibility index (Phi) is 4.07. The maximum Gasteiger partial charge on any atom is 0.250 e. The van der Waals surface area contributed by atoms with Crippen molar-refractivity contribution in [1.29, 1.82) is 0 Å². The lowest BCUT2D eigenvalue weighted by Gasteiger charge is -2.17. The van der Waals surface area contributed by atoms with Crippen LogP contribution in [0.15, 0.2) is 22.3 Å². The molecule has 0 aromatic carbocycles. The summed E-state index contributed by atoms with van der Waals surface area (Å²) < 4.78 is 0. The van der Waals surface area contributed by atoms with Gasteiger partial charge in [0.15, 0.2) is 0 Å². The number of thiol groups is 1. The fourth-order valence-corrected chi connectivity index (χ4v) is 2.02. The summed E-state index contributed by atoms with van der Waals surface area (Å²) in [7, 11) is 1.75. The molecule has 0 heterocycles. The van der Waals surface area contributed by atoms with E-state index in [0.717, 1.165) is 36.2 Å². The number of hydrogen-bond donors (Lipinski definition) is 3. The molecule has 0 atom stereocenters. The van der Waals surface area contributed by atoms with Crippen LogP contribution < -0.4 is 11.1 Å². The number of allylic oxidation sites excluding steroid dienone is 1. The Hall–Kier alpha value is -0.900. The molecule has 78 valence electrons. The van der Waals surface area contributed by atoms with E-state index in [2.05, 4.69) is 17.9 Å². The van der Waals surface area contributed by atoms with Crippen molar-refractivity contribution in [3.05, 3.63) is 22.3 Å². The Morgan fingerprint density at radius 3 is 2.64 bits per heavy atom. The third kappa shape index (κ3) is 2.54. The summed E-state index contributed by atoms with van der Waals surface area (Å²) in [5, 5.41) is 2.84.